The second-order valence-electron chi connectivity index (χ2n) is 6.04. The van der Waals surface area contributed by atoms with Gasteiger partial charge in [0.1, 0.15) is 6.23 Å². The highest BCUT2D eigenvalue weighted by molar-refractivity contribution is 5.26. The van der Waals surface area contributed by atoms with Crippen LogP contribution in [0.4, 0.5) is 0 Å². The molecule has 1 saturated heterocycles. The molecule has 1 aromatic rings. The Balaban J connectivity index is 1.79. The Bertz CT molecular complexity index is 425. The molecule has 1 aliphatic heterocycles. The number of aliphatic hydroxyl groups excluding tert-OH is 1. The molecule has 19 heavy (non-hydrogen) atoms. The van der Waals surface area contributed by atoms with Gasteiger partial charge >= 0.3 is 0 Å². The average Bonchev–Trinajstić information content (AvgIpc) is 3.18. The Hall–Kier alpha value is -0.900. The Labute approximate surface area is 115 Å². The zero-order chi connectivity index (χ0) is 13.4. The topological polar surface area (TPSA) is 32.7 Å². The highest BCUT2D eigenvalue weighted by atomic mass is 16.5. The van der Waals surface area contributed by atoms with Crippen molar-refractivity contribution in [1.82, 2.24) is 4.90 Å². The molecule has 1 aliphatic carbocycles. The SMILES string of the molecule is CC(C)c1ccc(C2OC(CO)CN2C2CC2)cc1. The number of hydrogen-bond donors (Lipinski definition) is 1. The van der Waals surface area contributed by atoms with E-state index < -0.39 is 0 Å². The largest absolute Gasteiger partial charge is 0.394 e. The Kier molecular flexibility index (Phi) is 3.61. The van der Waals surface area contributed by atoms with Gasteiger partial charge in [0.05, 0.1) is 12.7 Å². The van der Waals surface area contributed by atoms with E-state index in [1.54, 1.807) is 0 Å². The van der Waals surface area contributed by atoms with Crippen LogP contribution in [-0.2, 0) is 4.74 Å². The predicted molar refractivity (Wildman–Crippen MR) is 75.0 cm³/mol. The van der Waals surface area contributed by atoms with Gasteiger partial charge in [0, 0.05) is 12.6 Å². The highest BCUT2D eigenvalue weighted by Gasteiger charge is 2.41. The summed E-state index contributed by atoms with van der Waals surface area (Å²) in [5, 5.41) is 9.32. The van der Waals surface area contributed by atoms with Crippen LogP contribution in [0, 0.1) is 0 Å². The van der Waals surface area contributed by atoms with Crippen molar-refractivity contribution in [2.75, 3.05) is 13.2 Å². The molecule has 3 nitrogen and oxygen atoms in total. The van der Waals surface area contributed by atoms with E-state index in [-0.39, 0.29) is 18.9 Å². The standard InChI is InChI=1S/C16H23NO2/c1-11(2)12-3-5-13(6-4-12)16-17(14-7-8-14)9-15(10-18)19-16/h3-6,11,14-16,18H,7-10H2,1-2H3. The van der Waals surface area contributed by atoms with Gasteiger partial charge in [0.15, 0.2) is 0 Å². The number of nitrogens with zero attached hydrogens (tertiary/aromatic N) is 1. The van der Waals surface area contributed by atoms with E-state index in [9.17, 15) is 5.11 Å². The molecule has 0 radical (unpaired) electrons. The Morgan fingerprint density at radius 2 is 1.95 bits per heavy atom. The lowest BCUT2D eigenvalue weighted by atomic mass is 10.0. The van der Waals surface area contributed by atoms with Gasteiger partial charge in [0.2, 0.25) is 0 Å². The zero-order valence-corrected chi connectivity index (χ0v) is 11.7. The van der Waals surface area contributed by atoms with Crippen molar-refractivity contribution in [1.29, 1.82) is 0 Å². The van der Waals surface area contributed by atoms with Crippen molar-refractivity contribution in [2.24, 2.45) is 0 Å². The molecule has 104 valence electrons. The summed E-state index contributed by atoms with van der Waals surface area (Å²) in [6.45, 7) is 5.39. The van der Waals surface area contributed by atoms with Crippen LogP contribution in [0.2, 0.25) is 0 Å². The fraction of sp³-hybridized carbons (Fsp3) is 0.625. The first-order chi connectivity index (χ1) is 9.19. The number of hydrogen-bond acceptors (Lipinski definition) is 3. The molecule has 0 aromatic heterocycles. The van der Waals surface area contributed by atoms with Crippen LogP contribution in [0.25, 0.3) is 0 Å². The van der Waals surface area contributed by atoms with Gasteiger partial charge in [-0.2, -0.15) is 0 Å². The first kappa shape index (κ1) is 13.1. The molecule has 2 fully saturated rings. The zero-order valence-electron chi connectivity index (χ0n) is 11.7. The smallest absolute Gasteiger partial charge is 0.137 e. The predicted octanol–water partition coefficient (Wildman–Crippen LogP) is 2.66. The van der Waals surface area contributed by atoms with Gasteiger partial charge < -0.3 is 9.84 Å². The Morgan fingerprint density at radius 1 is 1.26 bits per heavy atom. The molecule has 0 bridgehead atoms. The summed E-state index contributed by atoms with van der Waals surface area (Å²) in [4.78, 5) is 2.41. The van der Waals surface area contributed by atoms with Gasteiger partial charge in [0.25, 0.3) is 0 Å². The molecular weight excluding hydrogens is 238 g/mol. The molecule has 1 heterocycles. The summed E-state index contributed by atoms with van der Waals surface area (Å²) < 4.78 is 5.99. The van der Waals surface area contributed by atoms with E-state index in [2.05, 4.69) is 43.0 Å². The van der Waals surface area contributed by atoms with E-state index in [1.165, 1.54) is 24.0 Å². The monoisotopic (exact) mass is 261 g/mol. The van der Waals surface area contributed by atoms with Crippen molar-refractivity contribution in [2.45, 2.75) is 51.0 Å². The van der Waals surface area contributed by atoms with Crippen molar-refractivity contribution in [3.8, 4) is 0 Å². The average molecular weight is 261 g/mol. The summed E-state index contributed by atoms with van der Waals surface area (Å²) in [7, 11) is 0. The maximum Gasteiger partial charge on any atom is 0.137 e. The fourth-order valence-corrected chi connectivity index (χ4v) is 2.80. The van der Waals surface area contributed by atoms with Crippen LogP contribution >= 0.6 is 0 Å². The van der Waals surface area contributed by atoms with Gasteiger partial charge in [-0.05, 0) is 29.9 Å². The lowest BCUT2D eigenvalue weighted by Gasteiger charge is -2.23. The lowest BCUT2D eigenvalue weighted by molar-refractivity contribution is -0.0216. The summed E-state index contributed by atoms with van der Waals surface area (Å²) in [6.07, 6.45) is 2.53. The summed E-state index contributed by atoms with van der Waals surface area (Å²) in [5.74, 6) is 0.559. The van der Waals surface area contributed by atoms with Crippen LogP contribution in [0.5, 0.6) is 0 Å². The normalized spacial score (nSPS) is 28.2. The summed E-state index contributed by atoms with van der Waals surface area (Å²) >= 11 is 0. The van der Waals surface area contributed by atoms with Gasteiger partial charge in [-0.25, -0.2) is 0 Å². The van der Waals surface area contributed by atoms with E-state index in [4.69, 9.17) is 4.74 Å². The molecule has 1 N–H and O–H groups in total. The molecule has 0 amide bonds. The molecule has 2 aliphatic rings. The minimum absolute atomic E-state index is 0.0321. The summed E-state index contributed by atoms with van der Waals surface area (Å²) in [6, 6.07) is 9.40. The van der Waals surface area contributed by atoms with Crippen LogP contribution in [0.3, 0.4) is 0 Å². The third-order valence-electron chi connectivity index (χ3n) is 4.14. The molecule has 1 saturated carbocycles. The van der Waals surface area contributed by atoms with Crippen LogP contribution < -0.4 is 0 Å². The van der Waals surface area contributed by atoms with E-state index in [0.717, 1.165) is 6.54 Å². The number of ether oxygens (including phenoxy) is 1. The number of benzene rings is 1. The van der Waals surface area contributed by atoms with Crippen molar-refractivity contribution < 1.29 is 9.84 Å². The minimum atomic E-state index is -0.0321. The Morgan fingerprint density at radius 3 is 2.47 bits per heavy atom. The molecule has 3 rings (SSSR count). The first-order valence-electron chi connectivity index (χ1n) is 7.31. The van der Waals surface area contributed by atoms with Crippen molar-refractivity contribution >= 4 is 0 Å². The van der Waals surface area contributed by atoms with Crippen LogP contribution in [-0.4, -0.2) is 35.3 Å². The highest BCUT2D eigenvalue weighted by Crippen LogP contribution is 2.39. The maximum atomic E-state index is 9.32. The maximum absolute atomic E-state index is 9.32. The van der Waals surface area contributed by atoms with E-state index in [0.29, 0.717) is 12.0 Å². The third-order valence-corrected chi connectivity index (χ3v) is 4.14. The molecule has 0 spiro atoms. The lowest BCUT2D eigenvalue weighted by Crippen LogP contribution is -2.27. The van der Waals surface area contributed by atoms with Gasteiger partial charge in [-0.1, -0.05) is 38.1 Å². The quantitative estimate of drug-likeness (QED) is 0.904. The van der Waals surface area contributed by atoms with Crippen LogP contribution in [0.15, 0.2) is 24.3 Å². The molecule has 2 atom stereocenters. The van der Waals surface area contributed by atoms with Gasteiger partial charge in [-0.3, -0.25) is 4.90 Å². The van der Waals surface area contributed by atoms with E-state index >= 15 is 0 Å². The number of aliphatic hydroxyl groups is 1. The first-order valence-corrected chi connectivity index (χ1v) is 7.31. The fourth-order valence-electron chi connectivity index (χ4n) is 2.80. The van der Waals surface area contributed by atoms with Crippen molar-refractivity contribution in [3.05, 3.63) is 35.4 Å². The minimum Gasteiger partial charge on any atom is -0.394 e. The van der Waals surface area contributed by atoms with Crippen LogP contribution in [0.1, 0.15) is 50.0 Å². The third kappa shape index (κ3) is 2.69. The second-order valence-corrected chi connectivity index (χ2v) is 6.04. The number of rotatable bonds is 4. The molecule has 3 heteroatoms. The van der Waals surface area contributed by atoms with E-state index in [1.807, 2.05) is 0 Å². The second kappa shape index (κ2) is 5.23. The summed E-state index contributed by atoms with van der Waals surface area (Å²) in [5.41, 5.74) is 2.57. The van der Waals surface area contributed by atoms with Crippen molar-refractivity contribution in [3.63, 3.8) is 0 Å². The van der Waals surface area contributed by atoms with Gasteiger partial charge in [-0.15, -0.1) is 0 Å². The molecule has 1 aromatic carbocycles. The molecular formula is C16H23NO2. The molecule has 2 unspecified atom stereocenters.